The number of hydrogen-bond acceptors (Lipinski definition) is 2. The van der Waals surface area contributed by atoms with Gasteiger partial charge in [-0.15, -0.1) is 0 Å². The molecule has 0 heterocycles. The van der Waals surface area contributed by atoms with Gasteiger partial charge in [0.05, 0.1) is 0 Å². The Balaban J connectivity index is 1.73. The summed E-state index contributed by atoms with van der Waals surface area (Å²) in [6.45, 7) is 2.39. The zero-order chi connectivity index (χ0) is 14.7. The molecule has 1 aliphatic rings. The van der Waals surface area contributed by atoms with Crippen LogP contribution < -0.4 is 10.5 Å². The summed E-state index contributed by atoms with van der Waals surface area (Å²) in [5.74, 6) is 1.70. The van der Waals surface area contributed by atoms with Gasteiger partial charge in [-0.25, -0.2) is 0 Å². The fourth-order valence-electron chi connectivity index (χ4n) is 3.22. The van der Waals surface area contributed by atoms with E-state index in [4.69, 9.17) is 10.5 Å². The Labute approximate surface area is 126 Å². The van der Waals surface area contributed by atoms with E-state index in [0.29, 0.717) is 5.41 Å². The van der Waals surface area contributed by atoms with Crippen molar-refractivity contribution in [2.45, 2.75) is 44.4 Å². The standard InChI is InChI=1S/C19H23NO/c1-19(13-3-2-4-14-19)15-5-9-17(10-6-15)21-18-11-7-16(20)8-12-18/h5-12H,2-4,13-14,20H2,1H3. The summed E-state index contributed by atoms with van der Waals surface area (Å²) in [5.41, 5.74) is 8.22. The molecule has 1 saturated carbocycles. The van der Waals surface area contributed by atoms with Gasteiger partial charge in [0.2, 0.25) is 0 Å². The van der Waals surface area contributed by atoms with Crippen LogP contribution in [0.25, 0.3) is 0 Å². The van der Waals surface area contributed by atoms with Crippen LogP contribution in [0.2, 0.25) is 0 Å². The van der Waals surface area contributed by atoms with Gasteiger partial charge in [-0.3, -0.25) is 0 Å². The molecule has 1 fully saturated rings. The van der Waals surface area contributed by atoms with Crippen LogP contribution in [-0.2, 0) is 5.41 Å². The lowest BCUT2D eigenvalue weighted by atomic mass is 9.71. The number of hydrogen-bond donors (Lipinski definition) is 1. The van der Waals surface area contributed by atoms with Gasteiger partial charge in [-0.05, 0) is 60.2 Å². The van der Waals surface area contributed by atoms with E-state index in [1.807, 2.05) is 24.3 Å². The van der Waals surface area contributed by atoms with E-state index >= 15 is 0 Å². The number of nitrogen functional groups attached to an aromatic ring is 1. The number of rotatable bonds is 3. The Morgan fingerprint density at radius 2 is 1.33 bits per heavy atom. The second-order valence-electron chi connectivity index (χ2n) is 6.32. The van der Waals surface area contributed by atoms with Crippen LogP contribution in [0.15, 0.2) is 48.5 Å². The highest BCUT2D eigenvalue weighted by Gasteiger charge is 2.28. The molecule has 0 bridgehead atoms. The van der Waals surface area contributed by atoms with Gasteiger partial charge in [-0.1, -0.05) is 38.3 Å². The third-order valence-electron chi connectivity index (χ3n) is 4.62. The van der Waals surface area contributed by atoms with Gasteiger partial charge in [0.15, 0.2) is 0 Å². The lowest BCUT2D eigenvalue weighted by Crippen LogP contribution is -2.24. The van der Waals surface area contributed by atoms with Crippen molar-refractivity contribution in [1.29, 1.82) is 0 Å². The molecule has 2 aromatic carbocycles. The van der Waals surface area contributed by atoms with Crippen molar-refractivity contribution in [2.75, 3.05) is 5.73 Å². The summed E-state index contributed by atoms with van der Waals surface area (Å²) in [4.78, 5) is 0. The normalized spacial score (nSPS) is 17.4. The zero-order valence-electron chi connectivity index (χ0n) is 12.6. The van der Waals surface area contributed by atoms with E-state index in [9.17, 15) is 0 Å². The van der Waals surface area contributed by atoms with Crippen LogP contribution in [0.5, 0.6) is 11.5 Å². The van der Waals surface area contributed by atoms with Gasteiger partial charge in [0, 0.05) is 5.69 Å². The Morgan fingerprint density at radius 1 is 0.810 bits per heavy atom. The minimum Gasteiger partial charge on any atom is -0.457 e. The quantitative estimate of drug-likeness (QED) is 0.776. The minimum atomic E-state index is 0.345. The molecule has 0 aliphatic heterocycles. The molecule has 2 nitrogen and oxygen atoms in total. The van der Waals surface area contributed by atoms with Crippen molar-refractivity contribution in [2.24, 2.45) is 0 Å². The van der Waals surface area contributed by atoms with E-state index in [2.05, 4.69) is 31.2 Å². The molecule has 0 unspecified atom stereocenters. The number of benzene rings is 2. The highest BCUT2D eigenvalue weighted by Crippen LogP contribution is 2.39. The largest absolute Gasteiger partial charge is 0.457 e. The lowest BCUT2D eigenvalue weighted by molar-refractivity contribution is 0.319. The van der Waals surface area contributed by atoms with Crippen LogP contribution in [0, 0.1) is 0 Å². The third-order valence-corrected chi connectivity index (χ3v) is 4.62. The van der Waals surface area contributed by atoms with E-state index in [-0.39, 0.29) is 0 Å². The lowest BCUT2D eigenvalue weighted by Gasteiger charge is -2.34. The molecule has 1 aliphatic carbocycles. The van der Waals surface area contributed by atoms with Crippen LogP contribution in [-0.4, -0.2) is 0 Å². The molecule has 2 heteroatoms. The van der Waals surface area contributed by atoms with Gasteiger partial charge in [0.1, 0.15) is 11.5 Å². The Bertz CT molecular complexity index is 580. The first-order chi connectivity index (χ1) is 10.2. The average Bonchev–Trinajstić information content (AvgIpc) is 2.51. The summed E-state index contributed by atoms with van der Waals surface area (Å²) >= 11 is 0. The summed E-state index contributed by atoms with van der Waals surface area (Å²) < 4.78 is 5.85. The second-order valence-corrected chi connectivity index (χ2v) is 6.32. The Hall–Kier alpha value is -1.96. The molecular formula is C19H23NO. The molecule has 0 saturated heterocycles. The van der Waals surface area contributed by atoms with Crippen LogP contribution in [0.4, 0.5) is 5.69 Å². The summed E-state index contributed by atoms with van der Waals surface area (Å²) in [5, 5.41) is 0. The molecule has 0 radical (unpaired) electrons. The fourth-order valence-corrected chi connectivity index (χ4v) is 3.22. The number of nitrogens with two attached hydrogens (primary N) is 1. The topological polar surface area (TPSA) is 35.2 Å². The number of anilines is 1. The molecular weight excluding hydrogens is 258 g/mol. The monoisotopic (exact) mass is 281 g/mol. The van der Waals surface area contributed by atoms with Crippen LogP contribution >= 0.6 is 0 Å². The maximum Gasteiger partial charge on any atom is 0.127 e. The first kappa shape index (κ1) is 14.0. The first-order valence-corrected chi connectivity index (χ1v) is 7.80. The van der Waals surface area contributed by atoms with Gasteiger partial charge in [-0.2, -0.15) is 0 Å². The van der Waals surface area contributed by atoms with Crippen LogP contribution in [0.1, 0.15) is 44.6 Å². The summed E-state index contributed by atoms with van der Waals surface area (Å²) in [6.07, 6.45) is 6.67. The maximum absolute atomic E-state index is 5.85. The molecule has 0 amide bonds. The van der Waals surface area contributed by atoms with Crippen molar-refractivity contribution in [3.8, 4) is 11.5 Å². The fraction of sp³-hybridized carbons (Fsp3) is 0.368. The summed E-state index contributed by atoms with van der Waals surface area (Å²) in [7, 11) is 0. The molecule has 0 aromatic heterocycles. The highest BCUT2D eigenvalue weighted by atomic mass is 16.5. The Kier molecular flexibility index (Phi) is 3.87. The van der Waals surface area contributed by atoms with E-state index in [1.54, 1.807) is 0 Å². The van der Waals surface area contributed by atoms with Gasteiger partial charge < -0.3 is 10.5 Å². The minimum absolute atomic E-state index is 0.345. The first-order valence-electron chi connectivity index (χ1n) is 7.80. The molecule has 0 spiro atoms. The van der Waals surface area contributed by atoms with Crippen molar-refractivity contribution in [3.05, 3.63) is 54.1 Å². The second kappa shape index (κ2) is 5.80. The predicted octanol–water partition coefficient (Wildman–Crippen LogP) is 5.28. The highest BCUT2D eigenvalue weighted by molar-refractivity contribution is 5.43. The number of ether oxygens (including phenoxy) is 1. The van der Waals surface area contributed by atoms with Crippen molar-refractivity contribution >= 4 is 5.69 Å². The average molecular weight is 281 g/mol. The summed E-state index contributed by atoms with van der Waals surface area (Å²) in [6, 6.07) is 16.1. The molecule has 21 heavy (non-hydrogen) atoms. The molecule has 2 aromatic rings. The smallest absolute Gasteiger partial charge is 0.127 e. The molecule has 2 N–H and O–H groups in total. The Morgan fingerprint density at radius 3 is 1.90 bits per heavy atom. The SMILES string of the molecule is CC1(c2ccc(Oc3ccc(N)cc3)cc2)CCCCC1. The molecule has 110 valence electrons. The van der Waals surface area contributed by atoms with Gasteiger partial charge in [0.25, 0.3) is 0 Å². The maximum atomic E-state index is 5.85. The zero-order valence-corrected chi connectivity index (χ0v) is 12.6. The van der Waals surface area contributed by atoms with Crippen LogP contribution in [0.3, 0.4) is 0 Å². The van der Waals surface area contributed by atoms with E-state index in [0.717, 1.165) is 17.2 Å². The van der Waals surface area contributed by atoms with Crippen molar-refractivity contribution in [1.82, 2.24) is 0 Å². The van der Waals surface area contributed by atoms with E-state index < -0.39 is 0 Å². The molecule has 0 atom stereocenters. The van der Waals surface area contributed by atoms with Crippen molar-refractivity contribution in [3.63, 3.8) is 0 Å². The predicted molar refractivity (Wildman–Crippen MR) is 87.8 cm³/mol. The van der Waals surface area contributed by atoms with E-state index in [1.165, 1.54) is 37.7 Å². The van der Waals surface area contributed by atoms with Crippen molar-refractivity contribution < 1.29 is 4.74 Å². The van der Waals surface area contributed by atoms with Gasteiger partial charge >= 0.3 is 0 Å². The molecule has 3 rings (SSSR count). The third kappa shape index (κ3) is 3.21.